The van der Waals surface area contributed by atoms with Crippen molar-refractivity contribution in [2.75, 3.05) is 6.54 Å². The molecule has 4 rings (SSSR count). The average molecular weight is 455 g/mol. The van der Waals surface area contributed by atoms with Gasteiger partial charge in [-0.05, 0) is 32.0 Å². The van der Waals surface area contributed by atoms with Crippen molar-refractivity contribution in [3.8, 4) is 11.3 Å². The van der Waals surface area contributed by atoms with Crippen LogP contribution in [0.3, 0.4) is 0 Å². The van der Waals surface area contributed by atoms with E-state index < -0.39 is 11.7 Å². The summed E-state index contributed by atoms with van der Waals surface area (Å²) in [5, 5.41) is 7.43. The lowest BCUT2D eigenvalue weighted by molar-refractivity contribution is -0.137. The van der Waals surface area contributed by atoms with Crippen molar-refractivity contribution in [1.82, 2.24) is 9.66 Å². The first kappa shape index (κ1) is 21.8. The van der Waals surface area contributed by atoms with Crippen molar-refractivity contribution in [1.29, 1.82) is 0 Å². The van der Waals surface area contributed by atoms with E-state index in [4.69, 9.17) is 0 Å². The number of H-pyrrole nitrogens is 1. The third kappa shape index (κ3) is 4.45. The number of thiazole rings is 1. The Morgan fingerprint density at radius 1 is 1.19 bits per heavy atom. The van der Waals surface area contributed by atoms with Crippen molar-refractivity contribution < 1.29 is 13.2 Å². The minimum Gasteiger partial charge on any atom is -0.358 e. The summed E-state index contributed by atoms with van der Waals surface area (Å²) in [7, 11) is 0. The monoisotopic (exact) mass is 454 g/mol. The molecule has 1 N–H and O–H groups in total. The van der Waals surface area contributed by atoms with Crippen LogP contribution in [-0.2, 0) is 6.18 Å². The Labute approximate surface area is 187 Å². The van der Waals surface area contributed by atoms with Crippen LogP contribution in [0.5, 0.6) is 0 Å². The van der Waals surface area contributed by atoms with Gasteiger partial charge in [0, 0.05) is 33.1 Å². The second-order valence-electron chi connectivity index (χ2n) is 7.52. The third-order valence-electron chi connectivity index (χ3n) is 4.90. The van der Waals surface area contributed by atoms with E-state index in [1.54, 1.807) is 22.3 Å². The summed E-state index contributed by atoms with van der Waals surface area (Å²) in [6, 6.07) is 13.1. The summed E-state index contributed by atoms with van der Waals surface area (Å²) in [6.07, 6.45) is -2.70. The van der Waals surface area contributed by atoms with E-state index in [0.717, 1.165) is 39.9 Å². The number of hydrogen-bond donors (Lipinski definition) is 1. The number of alkyl halides is 3. The van der Waals surface area contributed by atoms with E-state index in [1.165, 1.54) is 17.4 Å². The molecule has 8 heteroatoms. The zero-order valence-electron chi connectivity index (χ0n) is 17.6. The molecule has 32 heavy (non-hydrogen) atoms. The largest absolute Gasteiger partial charge is 0.416 e. The number of nitrogens with one attached hydrogen (secondary N) is 1. The van der Waals surface area contributed by atoms with Gasteiger partial charge in [-0.15, -0.1) is 11.3 Å². The number of fused-ring (bicyclic) bond motifs is 1. The second-order valence-corrected chi connectivity index (χ2v) is 8.36. The van der Waals surface area contributed by atoms with Gasteiger partial charge >= 0.3 is 6.18 Å². The lowest BCUT2D eigenvalue weighted by atomic mass is 10.1. The number of benzene rings is 2. The summed E-state index contributed by atoms with van der Waals surface area (Å²) in [6.45, 7) is 8.10. The molecule has 2 aromatic heterocycles. The van der Waals surface area contributed by atoms with E-state index in [0.29, 0.717) is 22.6 Å². The number of aryl methyl sites for hydroxylation is 1. The highest BCUT2D eigenvalue weighted by Crippen LogP contribution is 2.32. The molecule has 0 aliphatic heterocycles. The first-order chi connectivity index (χ1) is 15.2. The van der Waals surface area contributed by atoms with E-state index >= 15 is 0 Å². The Balaban J connectivity index is 1.85. The Morgan fingerprint density at radius 2 is 1.97 bits per heavy atom. The van der Waals surface area contributed by atoms with Gasteiger partial charge in [0.15, 0.2) is 0 Å². The number of nitrogens with zero attached hydrogens (tertiary/aromatic N) is 3. The number of hydrogen-bond acceptors (Lipinski definition) is 3. The van der Waals surface area contributed by atoms with Crippen LogP contribution < -0.4 is 4.80 Å². The molecule has 0 atom stereocenters. The molecular formula is C24H21F3N4S. The van der Waals surface area contributed by atoms with Gasteiger partial charge in [-0.1, -0.05) is 42.5 Å². The van der Waals surface area contributed by atoms with Gasteiger partial charge in [-0.2, -0.15) is 18.3 Å². The summed E-state index contributed by atoms with van der Waals surface area (Å²) in [4.78, 5) is 8.45. The molecule has 4 aromatic rings. The fourth-order valence-corrected chi connectivity index (χ4v) is 4.19. The zero-order valence-corrected chi connectivity index (χ0v) is 18.4. The maximum absolute atomic E-state index is 13.3. The first-order valence-corrected chi connectivity index (χ1v) is 10.8. The standard InChI is InChI=1S/C24H21F3N4S/c1-15(2)12-28-23-31(29-13-20-16(3)30-21-10-5-4-9-19(20)21)22(14-32-23)17-7-6-8-18(11-17)24(25,26)27/h4-11,13-14,30H,1,12H2,2-3H3/b28-23?,29-13+. The van der Waals surface area contributed by atoms with Gasteiger partial charge in [0.25, 0.3) is 0 Å². The number of rotatable bonds is 5. The van der Waals surface area contributed by atoms with Crippen molar-refractivity contribution in [2.24, 2.45) is 10.1 Å². The smallest absolute Gasteiger partial charge is 0.358 e. The van der Waals surface area contributed by atoms with Gasteiger partial charge < -0.3 is 4.98 Å². The van der Waals surface area contributed by atoms with Crippen LogP contribution in [0.15, 0.2) is 76.2 Å². The van der Waals surface area contributed by atoms with Crippen LogP contribution in [0, 0.1) is 6.92 Å². The number of halogens is 3. The fourth-order valence-electron chi connectivity index (χ4n) is 3.36. The maximum atomic E-state index is 13.3. The average Bonchev–Trinajstić information content (AvgIpc) is 3.30. The molecule has 0 radical (unpaired) electrons. The lowest BCUT2D eigenvalue weighted by Crippen LogP contribution is -2.13. The Morgan fingerprint density at radius 3 is 2.72 bits per heavy atom. The van der Waals surface area contributed by atoms with Crippen LogP contribution in [0.4, 0.5) is 13.2 Å². The highest BCUT2D eigenvalue weighted by Gasteiger charge is 2.30. The molecular weight excluding hydrogens is 433 g/mol. The highest BCUT2D eigenvalue weighted by atomic mass is 32.1. The molecule has 2 heterocycles. The van der Waals surface area contributed by atoms with Crippen LogP contribution in [-0.4, -0.2) is 22.4 Å². The molecule has 164 valence electrons. The van der Waals surface area contributed by atoms with Gasteiger partial charge in [-0.25, -0.2) is 4.68 Å². The van der Waals surface area contributed by atoms with Crippen molar-refractivity contribution in [2.45, 2.75) is 20.0 Å². The van der Waals surface area contributed by atoms with Crippen molar-refractivity contribution >= 4 is 28.5 Å². The third-order valence-corrected chi connectivity index (χ3v) is 5.75. The summed E-state index contributed by atoms with van der Waals surface area (Å²) in [5.41, 5.74) is 3.99. The van der Waals surface area contributed by atoms with Crippen LogP contribution >= 0.6 is 11.3 Å². The normalized spacial score (nSPS) is 12.8. The number of aromatic nitrogens is 2. The van der Waals surface area contributed by atoms with Gasteiger partial charge in [0.05, 0.1) is 24.0 Å². The molecule has 4 nitrogen and oxygen atoms in total. The van der Waals surface area contributed by atoms with Gasteiger partial charge in [-0.3, -0.25) is 4.99 Å². The molecule has 0 unspecified atom stereocenters. The SMILES string of the molecule is C=C(C)CN=c1scc(-c2cccc(C(F)(F)F)c2)n1/N=C/c1c(C)[nH]c2ccccc12. The second kappa shape index (κ2) is 8.63. The minimum absolute atomic E-state index is 0.407. The fraction of sp³-hybridized carbons (Fsp3) is 0.167. The van der Waals surface area contributed by atoms with E-state index in [2.05, 4.69) is 21.7 Å². The Bertz CT molecular complexity index is 1390. The quantitative estimate of drug-likeness (QED) is 0.269. The first-order valence-electron chi connectivity index (χ1n) is 9.89. The summed E-state index contributed by atoms with van der Waals surface area (Å²) < 4.78 is 41.4. The molecule has 0 amide bonds. The maximum Gasteiger partial charge on any atom is 0.416 e. The summed E-state index contributed by atoms with van der Waals surface area (Å²) in [5.74, 6) is 0. The number of para-hydroxylation sites is 1. The van der Waals surface area contributed by atoms with Crippen molar-refractivity contribution in [3.05, 3.63) is 87.7 Å². The Kier molecular flexibility index (Phi) is 5.88. The van der Waals surface area contributed by atoms with Crippen LogP contribution in [0.2, 0.25) is 0 Å². The molecule has 0 spiro atoms. The topological polar surface area (TPSA) is 45.4 Å². The van der Waals surface area contributed by atoms with E-state index in [-0.39, 0.29) is 0 Å². The lowest BCUT2D eigenvalue weighted by Gasteiger charge is -2.09. The van der Waals surface area contributed by atoms with Gasteiger partial charge in [0.1, 0.15) is 0 Å². The van der Waals surface area contributed by atoms with Crippen LogP contribution in [0.1, 0.15) is 23.7 Å². The van der Waals surface area contributed by atoms with Gasteiger partial charge in [0.2, 0.25) is 4.80 Å². The molecule has 0 fully saturated rings. The van der Waals surface area contributed by atoms with Crippen LogP contribution in [0.25, 0.3) is 22.2 Å². The zero-order chi connectivity index (χ0) is 22.9. The Hall–Kier alpha value is -3.39. The molecule has 0 aliphatic carbocycles. The molecule has 0 aliphatic rings. The highest BCUT2D eigenvalue weighted by molar-refractivity contribution is 7.07. The van der Waals surface area contributed by atoms with Crippen molar-refractivity contribution in [3.63, 3.8) is 0 Å². The predicted octanol–water partition coefficient (Wildman–Crippen LogP) is 6.38. The summed E-state index contributed by atoms with van der Waals surface area (Å²) >= 11 is 1.32. The molecule has 0 bridgehead atoms. The molecule has 0 saturated carbocycles. The minimum atomic E-state index is -4.42. The molecule has 2 aromatic carbocycles. The van der Waals surface area contributed by atoms with E-state index in [1.807, 2.05) is 38.1 Å². The number of aromatic amines is 1. The molecule has 0 saturated heterocycles. The predicted molar refractivity (Wildman–Crippen MR) is 124 cm³/mol. The van der Waals surface area contributed by atoms with E-state index in [9.17, 15) is 13.2 Å².